The summed E-state index contributed by atoms with van der Waals surface area (Å²) in [5.41, 5.74) is 0.879. The number of aliphatic hydroxyl groups excluding tert-OH is 1. The first-order valence-electron chi connectivity index (χ1n) is 7.24. The van der Waals surface area contributed by atoms with E-state index in [0.29, 0.717) is 19.1 Å². The van der Waals surface area contributed by atoms with Crippen molar-refractivity contribution in [1.82, 2.24) is 4.90 Å². The zero-order valence-corrected chi connectivity index (χ0v) is 12.1. The van der Waals surface area contributed by atoms with Crippen LogP contribution in [0.3, 0.4) is 0 Å². The van der Waals surface area contributed by atoms with Crippen molar-refractivity contribution in [3.8, 4) is 18.1 Å². The summed E-state index contributed by atoms with van der Waals surface area (Å²) in [6, 6.07) is 8.11. The molecule has 1 fully saturated rings. The van der Waals surface area contributed by atoms with Gasteiger partial charge in [0.15, 0.2) is 0 Å². The SMILES string of the molecule is C#CCN(CC(O)c1cccc(OC)c1)C1CCCC1. The maximum atomic E-state index is 10.4. The minimum atomic E-state index is -0.529. The van der Waals surface area contributed by atoms with Crippen LogP contribution in [0.1, 0.15) is 37.4 Å². The first-order valence-corrected chi connectivity index (χ1v) is 7.24. The Morgan fingerprint density at radius 2 is 2.20 bits per heavy atom. The van der Waals surface area contributed by atoms with E-state index in [0.717, 1.165) is 11.3 Å². The maximum absolute atomic E-state index is 10.4. The quantitative estimate of drug-likeness (QED) is 0.809. The minimum Gasteiger partial charge on any atom is -0.497 e. The minimum absolute atomic E-state index is 0.520. The van der Waals surface area contributed by atoms with Crippen molar-refractivity contribution >= 4 is 0 Å². The van der Waals surface area contributed by atoms with Gasteiger partial charge < -0.3 is 9.84 Å². The van der Waals surface area contributed by atoms with Gasteiger partial charge in [0.25, 0.3) is 0 Å². The highest BCUT2D eigenvalue weighted by molar-refractivity contribution is 5.30. The van der Waals surface area contributed by atoms with E-state index < -0.39 is 6.10 Å². The third-order valence-corrected chi connectivity index (χ3v) is 4.02. The molecule has 2 rings (SSSR count). The summed E-state index contributed by atoms with van der Waals surface area (Å²) in [4.78, 5) is 2.23. The van der Waals surface area contributed by atoms with Crippen LogP contribution in [-0.2, 0) is 0 Å². The standard InChI is InChI=1S/C17H23NO2/c1-3-11-18(15-8-4-5-9-15)13-17(19)14-7-6-10-16(12-14)20-2/h1,6-7,10,12,15,17,19H,4-5,8-9,11,13H2,2H3. The molecule has 1 aromatic carbocycles. The lowest BCUT2D eigenvalue weighted by atomic mass is 10.1. The molecule has 1 N–H and O–H groups in total. The van der Waals surface area contributed by atoms with Gasteiger partial charge in [-0.2, -0.15) is 0 Å². The fraction of sp³-hybridized carbons (Fsp3) is 0.529. The Kier molecular flexibility index (Phi) is 5.46. The zero-order valence-electron chi connectivity index (χ0n) is 12.1. The van der Waals surface area contributed by atoms with Crippen molar-refractivity contribution in [2.45, 2.75) is 37.8 Å². The second kappa shape index (κ2) is 7.33. The van der Waals surface area contributed by atoms with Gasteiger partial charge in [0.05, 0.1) is 19.8 Å². The number of hydrogen-bond donors (Lipinski definition) is 1. The predicted octanol–water partition coefficient (Wildman–Crippen LogP) is 2.61. The molecule has 0 aromatic heterocycles. The fourth-order valence-electron chi connectivity index (χ4n) is 2.91. The first-order chi connectivity index (χ1) is 9.74. The predicted molar refractivity (Wildman–Crippen MR) is 80.6 cm³/mol. The summed E-state index contributed by atoms with van der Waals surface area (Å²) >= 11 is 0. The molecule has 0 spiro atoms. The lowest BCUT2D eigenvalue weighted by molar-refractivity contribution is 0.0969. The van der Waals surface area contributed by atoms with Crippen LogP contribution in [0.2, 0.25) is 0 Å². The molecule has 3 nitrogen and oxygen atoms in total. The third kappa shape index (κ3) is 3.75. The van der Waals surface area contributed by atoms with Crippen LogP contribution in [0.5, 0.6) is 5.75 Å². The fourth-order valence-corrected chi connectivity index (χ4v) is 2.91. The summed E-state index contributed by atoms with van der Waals surface area (Å²) < 4.78 is 5.20. The Labute approximate surface area is 121 Å². The molecule has 0 saturated heterocycles. The molecular weight excluding hydrogens is 250 g/mol. The Morgan fingerprint density at radius 3 is 2.85 bits per heavy atom. The van der Waals surface area contributed by atoms with Gasteiger partial charge in [0.2, 0.25) is 0 Å². The Morgan fingerprint density at radius 1 is 1.45 bits per heavy atom. The van der Waals surface area contributed by atoms with Crippen molar-refractivity contribution in [3.05, 3.63) is 29.8 Å². The van der Waals surface area contributed by atoms with Crippen molar-refractivity contribution < 1.29 is 9.84 Å². The smallest absolute Gasteiger partial charge is 0.119 e. The normalized spacial score (nSPS) is 17.1. The number of terminal acetylenes is 1. The lowest BCUT2D eigenvalue weighted by Crippen LogP contribution is -2.37. The van der Waals surface area contributed by atoms with Gasteiger partial charge in [-0.15, -0.1) is 6.42 Å². The van der Waals surface area contributed by atoms with Crippen molar-refractivity contribution in [1.29, 1.82) is 0 Å². The van der Waals surface area contributed by atoms with Gasteiger partial charge in [-0.1, -0.05) is 30.9 Å². The molecule has 108 valence electrons. The van der Waals surface area contributed by atoms with E-state index in [1.807, 2.05) is 24.3 Å². The molecule has 1 aliphatic carbocycles. The molecule has 1 saturated carbocycles. The van der Waals surface area contributed by atoms with Crippen molar-refractivity contribution in [2.75, 3.05) is 20.2 Å². The molecule has 1 aliphatic rings. The number of benzene rings is 1. The van der Waals surface area contributed by atoms with Gasteiger partial charge in [-0.25, -0.2) is 0 Å². The topological polar surface area (TPSA) is 32.7 Å². The van der Waals surface area contributed by atoms with Crippen LogP contribution < -0.4 is 4.74 Å². The molecule has 0 heterocycles. The van der Waals surface area contributed by atoms with E-state index in [-0.39, 0.29) is 0 Å². The summed E-state index contributed by atoms with van der Waals surface area (Å²) in [5, 5.41) is 10.4. The van der Waals surface area contributed by atoms with Gasteiger partial charge in [-0.3, -0.25) is 4.90 Å². The highest BCUT2D eigenvalue weighted by Crippen LogP contribution is 2.26. The van der Waals surface area contributed by atoms with E-state index in [4.69, 9.17) is 11.2 Å². The maximum Gasteiger partial charge on any atom is 0.119 e. The second-order valence-corrected chi connectivity index (χ2v) is 5.36. The summed E-state index contributed by atoms with van der Waals surface area (Å²) in [5.74, 6) is 3.48. The van der Waals surface area contributed by atoms with Crippen LogP contribution in [0.25, 0.3) is 0 Å². The van der Waals surface area contributed by atoms with Crippen molar-refractivity contribution in [3.63, 3.8) is 0 Å². The second-order valence-electron chi connectivity index (χ2n) is 5.36. The Hall–Kier alpha value is -1.50. The molecule has 0 radical (unpaired) electrons. The van der Waals surface area contributed by atoms with E-state index in [1.165, 1.54) is 25.7 Å². The average Bonchev–Trinajstić information content (AvgIpc) is 3.01. The molecule has 20 heavy (non-hydrogen) atoms. The van der Waals surface area contributed by atoms with Crippen LogP contribution in [0.4, 0.5) is 0 Å². The van der Waals surface area contributed by atoms with Crippen LogP contribution in [-0.4, -0.2) is 36.2 Å². The Bertz CT molecular complexity index is 460. The summed E-state index contributed by atoms with van der Waals surface area (Å²) in [7, 11) is 1.63. The van der Waals surface area contributed by atoms with E-state index in [1.54, 1.807) is 7.11 Å². The average molecular weight is 273 g/mol. The highest BCUT2D eigenvalue weighted by Gasteiger charge is 2.24. The van der Waals surface area contributed by atoms with Crippen LogP contribution >= 0.6 is 0 Å². The molecule has 0 amide bonds. The molecule has 3 heteroatoms. The first kappa shape index (κ1) is 14.9. The number of rotatable bonds is 6. The van der Waals surface area contributed by atoms with Gasteiger partial charge in [-0.05, 0) is 30.5 Å². The number of methoxy groups -OCH3 is 1. The number of nitrogens with zero attached hydrogens (tertiary/aromatic N) is 1. The van der Waals surface area contributed by atoms with Crippen LogP contribution in [0.15, 0.2) is 24.3 Å². The molecule has 0 aliphatic heterocycles. The van der Waals surface area contributed by atoms with E-state index >= 15 is 0 Å². The monoisotopic (exact) mass is 273 g/mol. The van der Waals surface area contributed by atoms with Crippen LogP contribution in [0, 0.1) is 12.3 Å². The molecule has 1 atom stereocenters. The molecule has 1 unspecified atom stereocenters. The molecule has 0 bridgehead atoms. The molecule has 1 aromatic rings. The largest absolute Gasteiger partial charge is 0.497 e. The number of hydrogen-bond acceptors (Lipinski definition) is 3. The number of ether oxygens (including phenoxy) is 1. The highest BCUT2D eigenvalue weighted by atomic mass is 16.5. The van der Waals surface area contributed by atoms with Gasteiger partial charge >= 0.3 is 0 Å². The third-order valence-electron chi connectivity index (χ3n) is 4.02. The summed E-state index contributed by atoms with van der Waals surface area (Å²) in [6.45, 7) is 1.19. The number of aliphatic hydroxyl groups is 1. The zero-order chi connectivity index (χ0) is 14.4. The Balaban J connectivity index is 2.03. The van der Waals surface area contributed by atoms with E-state index in [2.05, 4.69) is 10.8 Å². The summed E-state index contributed by atoms with van der Waals surface area (Å²) in [6.07, 6.45) is 9.84. The van der Waals surface area contributed by atoms with E-state index in [9.17, 15) is 5.11 Å². The van der Waals surface area contributed by atoms with Crippen molar-refractivity contribution in [2.24, 2.45) is 0 Å². The molecular formula is C17H23NO2. The van der Waals surface area contributed by atoms with Gasteiger partial charge in [0.1, 0.15) is 5.75 Å². The van der Waals surface area contributed by atoms with Gasteiger partial charge in [0, 0.05) is 12.6 Å². The lowest BCUT2D eigenvalue weighted by Gasteiger charge is -2.29.